The van der Waals surface area contributed by atoms with Gasteiger partial charge in [-0.2, -0.15) is 5.10 Å². The summed E-state index contributed by atoms with van der Waals surface area (Å²) in [4.78, 5) is 0. The second-order valence-corrected chi connectivity index (χ2v) is 4.31. The molecule has 0 bridgehead atoms. The van der Waals surface area contributed by atoms with Gasteiger partial charge in [-0.3, -0.25) is 4.68 Å². The van der Waals surface area contributed by atoms with Crippen molar-refractivity contribution in [1.29, 1.82) is 0 Å². The van der Waals surface area contributed by atoms with Crippen LogP contribution >= 0.6 is 0 Å². The van der Waals surface area contributed by atoms with Gasteiger partial charge in [-0.15, -0.1) is 0 Å². The number of ether oxygens (including phenoxy) is 1. The van der Waals surface area contributed by atoms with Crippen LogP contribution in [0.4, 0.5) is 0 Å². The predicted octanol–water partition coefficient (Wildman–Crippen LogP) is 1.56. The summed E-state index contributed by atoms with van der Waals surface area (Å²) in [6.07, 6.45) is 5.60. The Balaban J connectivity index is 1.71. The van der Waals surface area contributed by atoms with Crippen LogP contribution in [0.5, 0.6) is 0 Å². The van der Waals surface area contributed by atoms with E-state index in [-0.39, 0.29) is 0 Å². The van der Waals surface area contributed by atoms with Crippen molar-refractivity contribution in [3.8, 4) is 0 Å². The van der Waals surface area contributed by atoms with Crippen LogP contribution in [0.3, 0.4) is 0 Å². The zero-order chi connectivity index (χ0) is 11.2. The molecule has 0 atom stereocenters. The number of aromatic nitrogens is 2. The highest BCUT2D eigenvalue weighted by Crippen LogP contribution is 2.19. The van der Waals surface area contributed by atoms with E-state index in [0.29, 0.717) is 0 Å². The van der Waals surface area contributed by atoms with Crippen molar-refractivity contribution in [3.05, 3.63) is 18.0 Å². The van der Waals surface area contributed by atoms with Gasteiger partial charge >= 0.3 is 0 Å². The van der Waals surface area contributed by atoms with Crippen molar-refractivity contribution in [2.45, 2.75) is 45.3 Å². The predicted molar refractivity (Wildman–Crippen MR) is 63.2 cm³/mol. The maximum Gasteiger partial charge on any atom is 0.0662 e. The number of rotatable bonds is 8. The molecule has 2 rings (SSSR count). The Kier molecular flexibility index (Phi) is 4.36. The molecule has 1 fully saturated rings. The fourth-order valence-corrected chi connectivity index (χ4v) is 1.65. The van der Waals surface area contributed by atoms with E-state index in [0.717, 1.165) is 38.8 Å². The van der Waals surface area contributed by atoms with Crippen molar-refractivity contribution in [1.82, 2.24) is 15.1 Å². The Hall–Kier alpha value is -0.870. The number of hydrogen-bond donors (Lipinski definition) is 1. The Morgan fingerprint density at radius 1 is 1.50 bits per heavy atom. The molecule has 0 spiro atoms. The minimum absolute atomic E-state index is 0.750. The maximum atomic E-state index is 5.47. The molecule has 90 valence electrons. The largest absolute Gasteiger partial charge is 0.380 e. The van der Waals surface area contributed by atoms with Crippen LogP contribution in [0.15, 0.2) is 12.3 Å². The molecule has 1 aromatic heterocycles. The van der Waals surface area contributed by atoms with Crippen LogP contribution in [0.1, 0.15) is 31.9 Å². The van der Waals surface area contributed by atoms with Gasteiger partial charge in [-0.25, -0.2) is 0 Å². The van der Waals surface area contributed by atoms with Crippen LogP contribution in [0.25, 0.3) is 0 Å². The van der Waals surface area contributed by atoms with Gasteiger partial charge in [-0.05, 0) is 25.3 Å². The molecule has 4 heteroatoms. The highest BCUT2D eigenvalue weighted by atomic mass is 16.5. The van der Waals surface area contributed by atoms with Crippen LogP contribution < -0.4 is 5.32 Å². The molecule has 1 saturated carbocycles. The third kappa shape index (κ3) is 3.61. The van der Waals surface area contributed by atoms with E-state index in [1.165, 1.54) is 18.5 Å². The lowest BCUT2D eigenvalue weighted by molar-refractivity contribution is 0.123. The van der Waals surface area contributed by atoms with E-state index in [1.807, 2.05) is 10.9 Å². The van der Waals surface area contributed by atoms with Crippen LogP contribution in [0, 0.1) is 0 Å². The SMILES string of the molecule is CCCOCCn1nccc1CNC1CC1. The molecular weight excluding hydrogens is 202 g/mol. The average molecular weight is 223 g/mol. The summed E-state index contributed by atoms with van der Waals surface area (Å²) in [6.45, 7) is 5.51. The van der Waals surface area contributed by atoms with Gasteiger partial charge in [0.1, 0.15) is 0 Å². The summed E-state index contributed by atoms with van der Waals surface area (Å²) >= 11 is 0. The zero-order valence-electron chi connectivity index (χ0n) is 9.98. The first-order chi connectivity index (χ1) is 7.90. The molecule has 0 unspecified atom stereocenters. The van der Waals surface area contributed by atoms with Crippen LogP contribution in [-0.4, -0.2) is 29.0 Å². The lowest BCUT2D eigenvalue weighted by Gasteiger charge is -2.08. The lowest BCUT2D eigenvalue weighted by atomic mass is 10.4. The smallest absolute Gasteiger partial charge is 0.0662 e. The Morgan fingerprint density at radius 2 is 2.38 bits per heavy atom. The standard InChI is InChI=1S/C12H21N3O/c1-2-8-16-9-7-15-12(5-6-14-15)10-13-11-3-4-11/h5-6,11,13H,2-4,7-10H2,1H3. The van der Waals surface area contributed by atoms with Gasteiger partial charge in [0.15, 0.2) is 0 Å². The van der Waals surface area contributed by atoms with E-state index in [4.69, 9.17) is 4.74 Å². The first kappa shape index (κ1) is 11.6. The molecule has 0 radical (unpaired) electrons. The van der Waals surface area contributed by atoms with Crippen LogP contribution in [0.2, 0.25) is 0 Å². The molecule has 1 aliphatic rings. The highest BCUT2D eigenvalue weighted by molar-refractivity contribution is 5.01. The molecule has 1 heterocycles. The van der Waals surface area contributed by atoms with Gasteiger partial charge in [0, 0.05) is 25.4 Å². The molecule has 4 nitrogen and oxygen atoms in total. The van der Waals surface area contributed by atoms with Crippen LogP contribution in [-0.2, 0) is 17.8 Å². The fraction of sp³-hybridized carbons (Fsp3) is 0.750. The maximum absolute atomic E-state index is 5.47. The Labute approximate surface area is 97.0 Å². The molecule has 1 N–H and O–H groups in total. The van der Waals surface area contributed by atoms with Crippen molar-refractivity contribution < 1.29 is 4.74 Å². The molecule has 16 heavy (non-hydrogen) atoms. The minimum atomic E-state index is 0.750. The summed E-state index contributed by atoms with van der Waals surface area (Å²) in [5, 5.41) is 7.81. The second kappa shape index (κ2) is 6.01. The number of nitrogens with one attached hydrogen (secondary N) is 1. The Bertz CT molecular complexity index is 307. The summed E-state index contributed by atoms with van der Waals surface area (Å²) < 4.78 is 7.50. The van der Waals surface area contributed by atoms with Crippen molar-refractivity contribution in [3.63, 3.8) is 0 Å². The molecule has 0 amide bonds. The molecule has 0 saturated heterocycles. The topological polar surface area (TPSA) is 39.1 Å². The summed E-state index contributed by atoms with van der Waals surface area (Å²) in [5.41, 5.74) is 1.26. The average Bonchev–Trinajstić information content (AvgIpc) is 3.02. The number of hydrogen-bond acceptors (Lipinski definition) is 3. The third-order valence-corrected chi connectivity index (χ3v) is 2.75. The molecule has 0 aromatic carbocycles. The first-order valence-electron chi connectivity index (χ1n) is 6.22. The quantitative estimate of drug-likeness (QED) is 0.680. The van der Waals surface area contributed by atoms with Gasteiger partial charge in [0.05, 0.1) is 18.8 Å². The van der Waals surface area contributed by atoms with E-state index in [1.54, 1.807) is 0 Å². The highest BCUT2D eigenvalue weighted by Gasteiger charge is 2.20. The lowest BCUT2D eigenvalue weighted by Crippen LogP contribution is -2.19. The second-order valence-electron chi connectivity index (χ2n) is 4.31. The van der Waals surface area contributed by atoms with E-state index >= 15 is 0 Å². The summed E-state index contributed by atoms with van der Waals surface area (Å²) in [6, 6.07) is 2.83. The summed E-state index contributed by atoms with van der Waals surface area (Å²) in [7, 11) is 0. The van der Waals surface area contributed by atoms with Crippen molar-refractivity contribution in [2.24, 2.45) is 0 Å². The molecule has 1 aliphatic carbocycles. The van der Waals surface area contributed by atoms with E-state index in [9.17, 15) is 0 Å². The fourth-order valence-electron chi connectivity index (χ4n) is 1.65. The number of nitrogens with zero attached hydrogens (tertiary/aromatic N) is 2. The third-order valence-electron chi connectivity index (χ3n) is 2.75. The van der Waals surface area contributed by atoms with Gasteiger partial charge in [-0.1, -0.05) is 6.92 Å². The zero-order valence-corrected chi connectivity index (χ0v) is 9.98. The van der Waals surface area contributed by atoms with E-state index in [2.05, 4.69) is 23.4 Å². The molecule has 1 aromatic rings. The van der Waals surface area contributed by atoms with Gasteiger partial charge < -0.3 is 10.1 Å². The Morgan fingerprint density at radius 3 is 3.12 bits per heavy atom. The summed E-state index contributed by atoms with van der Waals surface area (Å²) in [5.74, 6) is 0. The normalized spacial score (nSPS) is 15.6. The van der Waals surface area contributed by atoms with Gasteiger partial charge in [0.2, 0.25) is 0 Å². The first-order valence-corrected chi connectivity index (χ1v) is 6.22. The molecule has 0 aliphatic heterocycles. The molecular formula is C12H21N3O. The van der Waals surface area contributed by atoms with Crippen molar-refractivity contribution >= 4 is 0 Å². The monoisotopic (exact) mass is 223 g/mol. The van der Waals surface area contributed by atoms with Gasteiger partial charge in [0.25, 0.3) is 0 Å². The van der Waals surface area contributed by atoms with Crippen molar-refractivity contribution in [2.75, 3.05) is 13.2 Å². The minimum Gasteiger partial charge on any atom is -0.380 e. The van der Waals surface area contributed by atoms with E-state index < -0.39 is 0 Å².